The summed E-state index contributed by atoms with van der Waals surface area (Å²) in [6.07, 6.45) is 3.47. The standard InChI is InChI=1S/C15H22N2O2/c1-16(2)15(9-6-10-15)11-17(3)14(19)12-7-4-5-8-13(12)18/h4-5,7-8,18H,6,9-11H2,1-3H3. The molecule has 2 rings (SSSR count). The smallest absolute Gasteiger partial charge is 0.257 e. The van der Waals surface area contributed by atoms with Gasteiger partial charge in [-0.3, -0.25) is 4.79 Å². The van der Waals surface area contributed by atoms with E-state index in [0.29, 0.717) is 12.1 Å². The second kappa shape index (κ2) is 5.21. The summed E-state index contributed by atoms with van der Waals surface area (Å²) in [5.41, 5.74) is 0.479. The van der Waals surface area contributed by atoms with Crippen LogP contribution in [0, 0.1) is 0 Å². The number of hydrogen-bond acceptors (Lipinski definition) is 3. The number of likely N-dealkylation sites (N-methyl/N-ethyl adjacent to an activating group) is 2. The summed E-state index contributed by atoms with van der Waals surface area (Å²) in [4.78, 5) is 16.3. The lowest BCUT2D eigenvalue weighted by molar-refractivity contribution is 0.0251. The third-order valence-corrected chi connectivity index (χ3v) is 4.25. The molecule has 0 radical (unpaired) electrons. The van der Waals surface area contributed by atoms with Crippen molar-refractivity contribution in [3.8, 4) is 5.75 Å². The first kappa shape index (κ1) is 13.9. The third kappa shape index (κ3) is 2.59. The average molecular weight is 262 g/mol. The van der Waals surface area contributed by atoms with Gasteiger partial charge in [0.1, 0.15) is 5.75 Å². The first-order chi connectivity index (χ1) is 8.96. The van der Waals surface area contributed by atoms with Crippen LogP contribution >= 0.6 is 0 Å². The minimum Gasteiger partial charge on any atom is -0.507 e. The predicted octanol–water partition coefficient (Wildman–Crippen LogP) is 1.95. The number of phenols is 1. The molecule has 0 saturated heterocycles. The van der Waals surface area contributed by atoms with Crippen molar-refractivity contribution in [2.45, 2.75) is 24.8 Å². The maximum Gasteiger partial charge on any atom is 0.257 e. The van der Waals surface area contributed by atoms with Gasteiger partial charge in [-0.2, -0.15) is 0 Å². The van der Waals surface area contributed by atoms with Crippen LogP contribution in [0.15, 0.2) is 24.3 Å². The minimum atomic E-state index is -0.119. The summed E-state index contributed by atoms with van der Waals surface area (Å²) in [7, 11) is 5.94. The van der Waals surface area contributed by atoms with Gasteiger partial charge < -0.3 is 14.9 Å². The van der Waals surface area contributed by atoms with Crippen LogP contribution in [-0.4, -0.2) is 54.0 Å². The molecule has 0 unspecified atom stereocenters. The Hall–Kier alpha value is -1.55. The van der Waals surface area contributed by atoms with Gasteiger partial charge in [-0.05, 0) is 45.5 Å². The van der Waals surface area contributed by atoms with Crippen molar-refractivity contribution in [1.82, 2.24) is 9.80 Å². The lowest BCUT2D eigenvalue weighted by atomic mass is 9.75. The van der Waals surface area contributed by atoms with Gasteiger partial charge in [0.2, 0.25) is 0 Å². The second-order valence-corrected chi connectivity index (χ2v) is 5.65. The monoisotopic (exact) mass is 262 g/mol. The molecule has 1 aromatic rings. The number of carbonyl (C=O) groups excluding carboxylic acids is 1. The van der Waals surface area contributed by atoms with Gasteiger partial charge in [0, 0.05) is 19.1 Å². The van der Waals surface area contributed by atoms with E-state index in [-0.39, 0.29) is 17.2 Å². The van der Waals surface area contributed by atoms with Crippen LogP contribution in [0.2, 0.25) is 0 Å². The fourth-order valence-corrected chi connectivity index (χ4v) is 2.71. The summed E-state index contributed by atoms with van der Waals surface area (Å²) in [6.45, 7) is 0.702. The Morgan fingerprint density at radius 2 is 1.89 bits per heavy atom. The first-order valence-corrected chi connectivity index (χ1v) is 6.67. The molecule has 4 heteroatoms. The number of nitrogens with zero attached hydrogens (tertiary/aromatic N) is 2. The van der Waals surface area contributed by atoms with Crippen molar-refractivity contribution in [3.05, 3.63) is 29.8 Å². The molecule has 4 nitrogen and oxygen atoms in total. The van der Waals surface area contributed by atoms with E-state index >= 15 is 0 Å². The van der Waals surface area contributed by atoms with Gasteiger partial charge in [0.05, 0.1) is 5.56 Å². The molecule has 1 aromatic carbocycles. The fraction of sp³-hybridized carbons (Fsp3) is 0.533. The number of para-hydroxylation sites is 1. The van der Waals surface area contributed by atoms with Crippen molar-refractivity contribution in [1.29, 1.82) is 0 Å². The van der Waals surface area contributed by atoms with Gasteiger partial charge in [0.25, 0.3) is 5.91 Å². The van der Waals surface area contributed by atoms with Gasteiger partial charge in [-0.25, -0.2) is 0 Å². The number of carbonyl (C=O) groups is 1. The molecule has 0 aromatic heterocycles. The highest BCUT2D eigenvalue weighted by molar-refractivity contribution is 5.96. The Bertz CT molecular complexity index is 467. The van der Waals surface area contributed by atoms with Crippen LogP contribution in [0.3, 0.4) is 0 Å². The van der Waals surface area contributed by atoms with Gasteiger partial charge >= 0.3 is 0 Å². The zero-order chi connectivity index (χ0) is 14.0. The van der Waals surface area contributed by atoms with E-state index in [0.717, 1.165) is 12.8 Å². The van der Waals surface area contributed by atoms with Crippen molar-refractivity contribution >= 4 is 5.91 Å². The summed E-state index contributed by atoms with van der Waals surface area (Å²) in [5.74, 6) is -0.0712. The fourth-order valence-electron chi connectivity index (χ4n) is 2.71. The molecule has 0 heterocycles. The maximum absolute atomic E-state index is 12.4. The highest BCUT2D eigenvalue weighted by Crippen LogP contribution is 2.37. The largest absolute Gasteiger partial charge is 0.507 e. The zero-order valence-corrected chi connectivity index (χ0v) is 11.9. The van der Waals surface area contributed by atoms with Crippen molar-refractivity contribution in [2.24, 2.45) is 0 Å². The lowest BCUT2D eigenvalue weighted by Gasteiger charge is -2.49. The van der Waals surface area contributed by atoms with Crippen LogP contribution in [0.4, 0.5) is 0 Å². The lowest BCUT2D eigenvalue weighted by Crippen LogP contribution is -2.57. The minimum absolute atomic E-state index is 0.0480. The molecular formula is C15H22N2O2. The normalized spacial score (nSPS) is 17.1. The van der Waals surface area contributed by atoms with E-state index in [4.69, 9.17) is 0 Å². The molecule has 1 amide bonds. The number of rotatable bonds is 4. The molecule has 1 saturated carbocycles. The highest BCUT2D eigenvalue weighted by atomic mass is 16.3. The Balaban J connectivity index is 2.10. The molecule has 0 spiro atoms. The van der Waals surface area contributed by atoms with E-state index in [2.05, 4.69) is 19.0 Å². The van der Waals surface area contributed by atoms with Crippen LogP contribution in [0.5, 0.6) is 5.75 Å². The average Bonchev–Trinajstić information content (AvgIpc) is 2.32. The summed E-state index contributed by atoms with van der Waals surface area (Å²) < 4.78 is 0. The zero-order valence-electron chi connectivity index (χ0n) is 11.9. The number of benzene rings is 1. The molecule has 1 aliphatic carbocycles. The summed E-state index contributed by atoms with van der Waals surface area (Å²) in [5, 5.41) is 9.75. The molecule has 19 heavy (non-hydrogen) atoms. The van der Waals surface area contributed by atoms with Crippen molar-refractivity contribution in [2.75, 3.05) is 27.7 Å². The van der Waals surface area contributed by atoms with E-state index in [1.165, 1.54) is 6.42 Å². The Morgan fingerprint density at radius 1 is 1.26 bits per heavy atom. The Kier molecular flexibility index (Phi) is 3.80. The predicted molar refractivity (Wildman–Crippen MR) is 75.3 cm³/mol. The van der Waals surface area contributed by atoms with Crippen LogP contribution in [0.1, 0.15) is 29.6 Å². The molecule has 104 valence electrons. The Morgan fingerprint density at radius 3 is 2.37 bits per heavy atom. The van der Waals surface area contributed by atoms with Crippen LogP contribution < -0.4 is 0 Å². The van der Waals surface area contributed by atoms with E-state index in [9.17, 15) is 9.90 Å². The summed E-state index contributed by atoms with van der Waals surface area (Å²) >= 11 is 0. The number of phenolic OH excluding ortho intramolecular Hbond substituents is 1. The maximum atomic E-state index is 12.4. The SMILES string of the molecule is CN(CC1(N(C)C)CCC1)C(=O)c1ccccc1O. The molecular weight excluding hydrogens is 240 g/mol. The molecule has 0 atom stereocenters. The van der Waals surface area contributed by atoms with Crippen molar-refractivity contribution in [3.63, 3.8) is 0 Å². The highest BCUT2D eigenvalue weighted by Gasteiger charge is 2.40. The summed E-state index contributed by atoms with van der Waals surface area (Å²) in [6, 6.07) is 6.70. The van der Waals surface area contributed by atoms with E-state index < -0.39 is 0 Å². The number of aromatic hydroxyl groups is 1. The van der Waals surface area contributed by atoms with E-state index in [1.807, 2.05) is 0 Å². The molecule has 1 fully saturated rings. The Labute approximate surface area is 114 Å². The van der Waals surface area contributed by atoms with Gasteiger partial charge in [-0.15, -0.1) is 0 Å². The number of hydrogen-bond donors (Lipinski definition) is 1. The molecule has 1 aliphatic rings. The van der Waals surface area contributed by atoms with Crippen molar-refractivity contribution < 1.29 is 9.90 Å². The quantitative estimate of drug-likeness (QED) is 0.902. The first-order valence-electron chi connectivity index (χ1n) is 6.67. The van der Waals surface area contributed by atoms with E-state index in [1.54, 1.807) is 36.2 Å². The molecule has 0 bridgehead atoms. The van der Waals surface area contributed by atoms with Gasteiger partial charge in [0.15, 0.2) is 0 Å². The van der Waals surface area contributed by atoms with Crippen LogP contribution in [0.25, 0.3) is 0 Å². The second-order valence-electron chi connectivity index (χ2n) is 5.65. The molecule has 1 N–H and O–H groups in total. The van der Waals surface area contributed by atoms with Gasteiger partial charge in [-0.1, -0.05) is 12.1 Å². The third-order valence-electron chi connectivity index (χ3n) is 4.25. The molecule has 0 aliphatic heterocycles. The van der Waals surface area contributed by atoms with Crippen LogP contribution in [-0.2, 0) is 0 Å². The number of amides is 1. The topological polar surface area (TPSA) is 43.8 Å².